The number of benzene rings is 1. The lowest BCUT2D eigenvalue weighted by atomic mass is 9.64. The van der Waals surface area contributed by atoms with Crippen LogP contribution in [0.25, 0.3) is 0 Å². The Morgan fingerprint density at radius 1 is 0.750 bits per heavy atom. The van der Waals surface area contributed by atoms with Gasteiger partial charge in [0.2, 0.25) is 0 Å². The molecule has 178 valence electrons. The fraction of sp³-hybridized carbons (Fsp3) is 0.742. The number of allylic oxidation sites excluding steroid dienone is 1. The van der Waals surface area contributed by atoms with Crippen molar-refractivity contribution in [1.29, 1.82) is 0 Å². The Hall–Kier alpha value is -0.750. The molecule has 0 N–H and O–H groups in total. The minimum absolute atomic E-state index is 0.663. The maximum Gasteiger partial charge on any atom is 0.0406 e. The maximum atomic E-state index is 6.07. The lowest BCUT2D eigenvalue weighted by Crippen LogP contribution is -2.30. The lowest BCUT2D eigenvalue weighted by Gasteiger charge is -2.41. The van der Waals surface area contributed by atoms with Gasteiger partial charge in [-0.25, -0.2) is 0 Å². The second kappa shape index (κ2) is 12.1. The third-order valence-electron chi connectivity index (χ3n) is 9.84. The van der Waals surface area contributed by atoms with Crippen LogP contribution in [0.15, 0.2) is 36.9 Å². The number of hydrogen-bond donors (Lipinski definition) is 0. The Morgan fingerprint density at radius 2 is 1.19 bits per heavy atom. The molecule has 1 atom stereocenters. The fourth-order valence-corrected chi connectivity index (χ4v) is 7.84. The number of hydrogen-bond acceptors (Lipinski definition) is 0. The van der Waals surface area contributed by atoms with Crippen molar-refractivity contribution in [1.82, 2.24) is 0 Å². The maximum absolute atomic E-state index is 6.07. The Bertz CT molecular complexity index is 667. The van der Waals surface area contributed by atoms with Crippen molar-refractivity contribution >= 4 is 11.6 Å². The van der Waals surface area contributed by atoms with Gasteiger partial charge in [-0.05, 0) is 130 Å². The second-order valence-corrected chi connectivity index (χ2v) is 12.2. The zero-order chi connectivity index (χ0) is 22.3. The topological polar surface area (TPSA) is 0 Å². The monoisotopic (exact) mass is 454 g/mol. The van der Waals surface area contributed by atoms with E-state index in [-0.39, 0.29) is 0 Å². The lowest BCUT2D eigenvalue weighted by molar-refractivity contribution is 0.102. The molecule has 0 unspecified atom stereocenters. The van der Waals surface area contributed by atoms with Crippen LogP contribution in [-0.2, 0) is 0 Å². The standard InChI is InChI=1S/C31H47Cl/c1-3-4-5-24-6-10-27(11-7-24)29-14-16-30(17-15-29)28-12-8-25(9-13-28)22-23(2)26-18-20-31(32)21-19-26/h3,18-21,23-25,27-30H,1,4-17,22H2,2H3/t23-,24?,25?,27?,28?,29?,30?/m1/s1. The molecule has 1 aromatic rings. The van der Waals surface area contributed by atoms with Crippen LogP contribution in [0.2, 0.25) is 5.02 Å². The van der Waals surface area contributed by atoms with Gasteiger partial charge in [-0.3, -0.25) is 0 Å². The fourth-order valence-electron chi connectivity index (χ4n) is 7.71. The molecular weight excluding hydrogens is 408 g/mol. The molecule has 0 bridgehead atoms. The van der Waals surface area contributed by atoms with E-state index in [1.807, 2.05) is 0 Å². The van der Waals surface area contributed by atoms with E-state index in [4.69, 9.17) is 11.6 Å². The molecule has 0 spiro atoms. The number of halogens is 1. The molecule has 3 saturated carbocycles. The summed E-state index contributed by atoms with van der Waals surface area (Å²) in [6.07, 6.45) is 24.2. The van der Waals surface area contributed by atoms with E-state index in [9.17, 15) is 0 Å². The highest BCUT2D eigenvalue weighted by Crippen LogP contribution is 2.47. The van der Waals surface area contributed by atoms with Crippen LogP contribution < -0.4 is 0 Å². The summed E-state index contributed by atoms with van der Waals surface area (Å²) in [5.41, 5.74) is 1.46. The molecule has 0 heterocycles. The van der Waals surface area contributed by atoms with Crippen LogP contribution in [0.3, 0.4) is 0 Å². The van der Waals surface area contributed by atoms with Crippen LogP contribution >= 0.6 is 11.6 Å². The number of rotatable bonds is 8. The van der Waals surface area contributed by atoms with Gasteiger partial charge in [0, 0.05) is 5.02 Å². The summed E-state index contributed by atoms with van der Waals surface area (Å²) in [6.45, 7) is 6.31. The first-order valence-corrected chi connectivity index (χ1v) is 14.4. The van der Waals surface area contributed by atoms with E-state index in [1.165, 1.54) is 89.0 Å². The van der Waals surface area contributed by atoms with Crippen molar-refractivity contribution in [3.63, 3.8) is 0 Å². The first-order chi connectivity index (χ1) is 15.6. The average Bonchev–Trinajstić information content (AvgIpc) is 2.84. The predicted molar refractivity (Wildman–Crippen MR) is 140 cm³/mol. The van der Waals surface area contributed by atoms with Crippen LogP contribution in [0.5, 0.6) is 0 Å². The van der Waals surface area contributed by atoms with Gasteiger partial charge in [-0.1, -0.05) is 62.4 Å². The van der Waals surface area contributed by atoms with Crippen molar-refractivity contribution in [2.24, 2.45) is 35.5 Å². The molecule has 1 heteroatoms. The molecule has 0 aromatic heterocycles. The molecule has 32 heavy (non-hydrogen) atoms. The minimum Gasteiger partial charge on any atom is -0.103 e. The van der Waals surface area contributed by atoms with E-state index in [2.05, 4.69) is 43.8 Å². The molecule has 4 rings (SSSR count). The van der Waals surface area contributed by atoms with Gasteiger partial charge < -0.3 is 0 Å². The first-order valence-electron chi connectivity index (χ1n) is 14.0. The van der Waals surface area contributed by atoms with E-state index in [0.29, 0.717) is 5.92 Å². The average molecular weight is 455 g/mol. The second-order valence-electron chi connectivity index (χ2n) is 11.8. The summed E-state index contributed by atoms with van der Waals surface area (Å²) < 4.78 is 0. The van der Waals surface area contributed by atoms with Gasteiger partial charge in [-0.15, -0.1) is 6.58 Å². The molecule has 0 radical (unpaired) electrons. The van der Waals surface area contributed by atoms with Gasteiger partial charge in [0.1, 0.15) is 0 Å². The molecule has 1 aromatic carbocycles. The summed E-state index contributed by atoms with van der Waals surface area (Å²) >= 11 is 6.07. The largest absolute Gasteiger partial charge is 0.103 e. The van der Waals surface area contributed by atoms with Crippen LogP contribution in [-0.4, -0.2) is 0 Å². The molecule has 0 saturated heterocycles. The molecule has 0 nitrogen and oxygen atoms in total. The van der Waals surface area contributed by atoms with Gasteiger partial charge >= 0.3 is 0 Å². The van der Waals surface area contributed by atoms with E-state index in [0.717, 1.165) is 40.5 Å². The predicted octanol–water partition coefficient (Wildman–Crippen LogP) is 10.2. The van der Waals surface area contributed by atoms with E-state index in [1.54, 1.807) is 12.8 Å². The molecule has 3 aliphatic carbocycles. The molecule has 3 fully saturated rings. The smallest absolute Gasteiger partial charge is 0.0406 e. The first kappa shape index (κ1) is 24.4. The molecular formula is C31H47Cl. The van der Waals surface area contributed by atoms with Crippen molar-refractivity contribution in [2.75, 3.05) is 0 Å². The zero-order valence-corrected chi connectivity index (χ0v) is 21.4. The van der Waals surface area contributed by atoms with Gasteiger partial charge in [0.15, 0.2) is 0 Å². The van der Waals surface area contributed by atoms with Crippen molar-refractivity contribution in [3.05, 3.63) is 47.5 Å². The van der Waals surface area contributed by atoms with Crippen LogP contribution in [0.4, 0.5) is 0 Å². The molecule has 0 amide bonds. The Balaban J connectivity index is 1.14. The van der Waals surface area contributed by atoms with E-state index < -0.39 is 0 Å². The SMILES string of the molecule is C=CCCC1CCC(C2CCC(C3CCC(C[C@@H](C)c4ccc(Cl)cc4)CC3)CC2)CC1. The van der Waals surface area contributed by atoms with Crippen LogP contribution in [0, 0.1) is 35.5 Å². The van der Waals surface area contributed by atoms with Gasteiger partial charge in [0.25, 0.3) is 0 Å². The normalized spacial score (nSPS) is 34.7. The quantitative estimate of drug-likeness (QED) is 0.342. The summed E-state index contributed by atoms with van der Waals surface area (Å²) in [5.74, 6) is 6.79. The van der Waals surface area contributed by atoms with Crippen molar-refractivity contribution < 1.29 is 0 Å². The third-order valence-corrected chi connectivity index (χ3v) is 10.1. The minimum atomic E-state index is 0.663. The Morgan fingerprint density at radius 3 is 1.66 bits per heavy atom. The summed E-state index contributed by atoms with van der Waals surface area (Å²) in [7, 11) is 0. The van der Waals surface area contributed by atoms with Crippen molar-refractivity contribution in [2.45, 2.75) is 109 Å². The third kappa shape index (κ3) is 6.65. The Labute approximate surface area is 203 Å². The summed E-state index contributed by atoms with van der Waals surface area (Å²) in [5, 5.41) is 0.854. The highest BCUT2D eigenvalue weighted by Gasteiger charge is 2.34. The summed E-state index contributed by atoms with van der Waals surface area (Å²) in [4.78, 5) is 0. The zero-order valence-electron chi connectivity index (χ0n) is 20.6. The van der Waals surface area contributed by atoms with E-state index >= 15 is 0 Å². The Kier molecular flexibility index (Phi) is 9.22. The van der Waals surface area contributed by atoms with Gasteiger partial charge in [-0.2, -0.15) is 0 Å². The summed E-state index contributed by atoms with van der Waals surface area (Å²) in [6, 6.07) is 8.56. The molecule has 3 aliphatic rings. The molecule has 0 aliphatic heterocycles. The van der Waals surface area contributed by atoms with Crippen molar-refractivity contribution in [3.8, 4) is 0 Å². The highest BCUT2D eigenvalue weighted by molar-refractivity contribution is 6.30. The highest BCUT2D eigenvalue weighted by atomic mass is 35.5. The van der Waals surface area contributed by atoms with Gasteiger partial charge in [0.05, 0.1) is 0 Å². The van der Waals surface area contributed by atoms with Crippen LogP contribution in [0.1, 0.15) is 115 Å².